The molecule has 6 heteroatoms. The number of H-pyrrole nitrogens is 1. The number of aromatic amines is 1. The molecule has 2 heterocycles. The van der Waals surface area contributed by atoms with E-state index in [1.54, 1.807) is 0 Å². The van der Waals surface area contributed by atoms with E-state index in [-0.39, 0.29) is 0 Å². The Morgan fingerprint density at radius 1 is 1.47 bits per heavy atom. The standard InChI is InChI=1S/C9H12N2O4/c12-7-5-6(11-15-7)9(8(13)14)1-3-10-4-2-9/h5,10-11H,1-4H2,(H,13,14). The van der Waals surface area contributed by atoms with Crippen LogP contribution in [0.4, 0.5) is 0 Å². The first-order valence-electron chi connectivity index (χ1n) is 4.78. The molecule has 2 rings (SSSR count). The van der Waals surface area contributed by atoms with Gasteiger partial charge in [-0.05, 0) is 25.9 Å². The largest absolute Gasteiger partial charge is 0.481 e. The number of aliphatic carboxylic acids is 1. The Balaban J connectivity index is 2.41. The molecule has 0 aromatic carbocycles. The second-order valence-corrected chi connectivity index (χ2v) is 3.72. The highest BCUT2D eigenvalue weighted by atomic mass is 16.5. The Morgan fingerprint density at radius 3 is 2.60 bits per heavy atom. The van der Waals surface area contributed by atoms with Gasteiger partial charge in [0.25, 0.3) is 0 Å². The van der Waals surface area contributed by atoms with Crippen LogP contribution in [-0.4, -0.2) is 29.3 Å². The van der Waals surface area contributed by atoms with Crippen LogP contribution in [0.1, 0.15) is 18.5 Å². The first-order chi connectivity index (χ1) is 7.15. The van der Waals surface area contributed by atoms with Gasteiger partial charge in [0.2, 0.25) is 0 Å². The van der Waals surface area contributed by atoms with E-state index in [9.17, 15) is 14.7 Å². The fraction of sp³-hybridized carbons (Fsp3) is 0.556. The second kappa shape index (κ2) is 3.54. The minimum Gasteiger partial charge on any atom is -0.481 e. The van der Waals surface area contributed by atoms with Gasteiger partial charge in [-0.25, -0.2) is 9.95 Å². The monoisotopic (exact) mass is 212 g/mol. The van der Waals surface area contributed by atoms with Crippen LogP contribution in [-0.2, 0) is 10.2 Å². The molecule has 3 N–H and O–H groups in total. The lowest BCUT2D eigenvalue weighted by Gasteiger charge is -2.31. The van der Waals surface area contributed by atoms with Gasteiger partial charge in [-0.1, -0.05) is 0 Å². The molecule has 0 amide bonds. The average Bonchev–Trinajstić information content (AvgIpc) is 2.66. The number of carboxylic acid groups (broad SMARTS) is 1. The van der Waals surface area contributed by atoms with E-state index in [0.29, 0.717) is 31.6 Å². The number of rotatable bonds is 2. The molecule has 0 bridgehead atoms. The maximum atomic E-state index is 11.3. The van der Waals surface area contributed by atoms with E-state index in [1.165, 1.54) is 6.07 Å². The summed E-state index contributed by atoms with van der Waals surface area (Å²) >= 11 is 0. The molecule has 0 unspecified atom stereocenters. The van der Waals surface area contributed by atoms with Crippen LogP contribution in [0.2, 0.25) is 0 Å². The lowest BCUT2D eigenvalue weighted by Crippen LogP contribution is -2.45. The highest BCUT2D eigenvalue weighted by Gasteiger charge is 2.43. The fourth-order valence-corrected chi connectivity index (χ4v) is 1.97. The highest BCUT2D eigenvalue weighted by molar-refractivity contribution is 5.80. The number of piperidine rings is 1. The van der Waals surface area contributed by atoms with Crippen molar-refractivity contribution in [1.29, 1.82) is 0 Å². The zero-order valence-electron chi connectivity index (χ0n) is 8.08. The van der Waals surface area contributed by atoms with Gasteiger partial charge >= 0.3 is 11.6 Å². The van der Waals surface area contributed by atoms with Crippen molar-refractivity contribution in [3.05, 3.63) is 22.2 Å². The molecular formula is C9H12N2O4. The number of carbonyl (C=O) groups is 1. The van der Waals surface area contributed by atoms with Gasteiger partial charge in [0.1, 0.15) is 5.41 Å². The van der Waals surface area contributed by atoms with Crippen molar-refractivity contribution in [3.8, 4) is 0 Å². The van der Waals surface area contributed by atoms with Crippen molar-refractivity contribution in [3.63, 3.8) is 0 Å². The normalized spacial score (nSPS) is 20.0. The summed E-state index contributed by atoms with van der Waals surface area (Å²) in [7, 11) is 0. The molecule has 0 radical (unpaired) electrons. The highest BCUT2D eigenvalue weighted by Crippen LogP contribution is 2.31. The first-order valence-corrected chi connectivity index (χ1v) is 4.78. The number of aromatic nitrogens is 1. The lowest BCUT2D eigenvalue weighted by atomic mass is 9.76. The zero-order valence-corrected chi connectivity index (χ0v) is 8.08. The molecule has 15 heavy (non-hydrogen) atoms. The molecule has 82 valence electrons. The Kier molecular flexibility index (Phi) is 2.36. The summed E-state index contributed by atoms with van der Waals surface area (Å²) in [4.78, 5) is 22.2. The van der Waals surface area contributed by atoms with Crippen molar-refractivity contribution >= 4 is 5.97 Å². The van der Waals surface area contributed by atoms with E-state index < -0.39 is 17.0 Å². The third-order valence-corrected chi connectivity index (χ3v) is 2.91. The molecular weight excluding hydrogens is 200 g/mol. The van der Waals surface area contributed by atoms with Gasteiger partial charge in [-0.3, -0.25) is 4.79 Å². The molecule has 1 aromatic rings. The molecule has 1 saturated heterocycles. The molecule has 0 atom stereocenters. The predicted octanol–water partition coefficient (Wildman–Crippen LogP) is -0.326. The summed E-state index contributed by atoms with van der Waals surface area (Å²) in [6, 6.07) is 1.22. The van der Waals surface area contributed by atoms with Gasteiger partial charge in [0.15, 0.2) is 0 Å². The van der Waals surface area contributed by atoms with E-state index in [1.807, 2.05) is 0 Å². The lowest BCUT2D eigenvalue weighted by molar-refractivity contribution is -0.145. The van der Waals surface area contributed by atoms with Crippen molar-refractivity contribution < 1.29 is 14.4 Å². The minimum absolute atomic E-state index is 0.363. The number of hydrogen-bond donors (Lipinski definition) is 3. The van der Waals surface area contributed by atoms with Gasteiger partial charge in [0.05, 0.1) is 5.69 Å². The maximum Gasteiger partial charge on any atom is 0.357 e. The second-order valence-electron chi connectivity index (χ2n) is 3.72. The molecule has 0 spiro atoms. The van der Waals surface area contributed by atoms with E-state index in [0.717, 1.165) is 0 Å². The van der Waals surface area contributed by atoms with Crippen molar-refractivity contribution in [2.45, 2.75) is 18.3 Å². The summed E-state index contributed by atoms with van der Waals surface area (Å²) in [5.41, 5.74) is -1.18. The summed E-state index contributed by atoms with van der Waals surface area (Å²) in [5, 5.41) is 14.7. The predicted molar refractivity (Wildman–Crippen MR) is 50.7 cm³/mol. The van der Waals surface area contributed by atoms with Crippen LogP contribution in [0.15, 0.2) is 15.4 Å². The Hall–Kier alpha value is -1.56. The topological polar surface area (TPSA) is 95.3 Å². The molecule has 6 nitrogen and oxygen atoms in total. The van der Waals surface area contributed by atoms with Crippen LogP contribution >= 0.6 is 0 Å². The molecule has 1 fully saturated rings. The molecule has 1 aliphatic heterocycles. The van der Waals surface area contributed by atoms with Crippen LogP contribution in [0.5, 0.6) is 0 Å². The van der Waals surface area contributed by atoms with Gasteiger partial charge < -0.3 is 14.9 Å². The molecule has 1 aromatic heterocycles. The van der Waals surface area contributed by atoms with E-state index >= 15 is 0 Å². The third kappa shape index (κ3) is 1.56. The summed E-state index contributed by atoms with van der Waals surface area (Å²) in [6.45, 7) is 1.25. The summed E-state index contributed by atoms with van der Waals surface area (Å²) < 4.78 is 4.53. The summed E-state index contributed by atoms with van der Waals surface area (Å²) in [6.07, 6.45) is 0.912. The quantitative estimate of drug-likeness (QED) is 0.624. The SMILES string of the molecule is O=C(O)C1(c2cc(=O)o[nH]2)CCNCC1. The van der Waals surface area contributed by atoms with Crippen molar-refractivity contribution in [2.24, 2.45) is 0 Å². The minimum atomic E-state index is -1.00. The van der Waals surface area contributed by atoms with Crippen LogP contribution < -0.4 is 10.9 Å². The average molecular weight is 212 g/mol. The number of carboxylic acids is 1. The maximum absolute atomic E-state index is 11.3. The molecule has 0 saturated carbocycles. The fourth-order valence-electron chi connectivity index (χ4n) is 1.97. The summed E-state index contributed by atoms with van der Waals surface area (Å²) in [5.74, 6) is -0.916. The van der Waals surface area contributed by atoms with Crippen LogP contribution in [0, 0.1) is 0 Å². The third-order valence-electron chi connectivity index (χ3n) is 2.91. The zero-order chi connectivity index (χ0) is 10.9. The Labute approximate surface area is 85.2 Å². The number of hydrogen-bond acceptors (Lipinski definition) is 4. The van der Waals surface area contributed by atoms with E-state index in [2.05, 4.69) is 15.0 Å². The molecule has 1 aliphatic rings. The molecule has 0 aliphatic carbocycles. The smallest absolute Gasteiger partial charge is 0.357 e. The Bertz CT molecular complexity index is 414. The van der Waals surface area contributed by atoms with Gasteiger partial charge in [-0.2, -0.15) is 0 Å². The van der Waals surface area contributed by atoms with Gasteiger partial charge in [0, 0.05) is 6.07 Å². The van der Waals surface area contributed by atoms with E-state index in [4.69, 9.17) is 0 Å². The Morgan fingerprint density at radius 2 is 2.13 bits per heavy atom. The van der Waals surface area contributed by atoms with Gasteiger partial charge in [-0.15, -0.1) is 0 Å². The van der Waals surface area contributed by atoms with Crippen LogP contribution in [0.25, 0.3) is 0 Å². The van der Waals surface area contributed by atoms with Crippen molar-refractivity contribution in [2.75, 3.05) is 13.1 Å². The first kappa shape index (κ1) is 9.97. The van der Waals surface area contributed by atoms with Crippen molar-refractivity contribution in [1.82, 2.24) is 10.5 Å². The van der Waals surface area contributed by atoms with Crippen LogP contribution in [0.3, 0.4) is 0 Å². The number of nitrogens with one attached hydrogen (secondary N) is 2.